The van der Waals surface area contributed by atoms with Gasteiger partial charge in [-0.25, -0.2) is 5.48 Å². The van der Waals surface area contributed by atoms with E-state index < -0.39 is 17.7 Å². The van der Waals surface area contributed by atoms with Crippen molar-refractivity contribution >= 4 is 11.8 Å². The van der Waals surface area contributed by atoms with Crippen molar-refractivity contribution in [3.8, 4) is 0 Å². The summed E-state index contributed by atoms with van der Waals surface area (Å²) in [7, 11) is 1.43. The maximum atomic E-state index is 11.1. The molecule has 0 aromatic carbocycles. The summed E-state index contributed by atoms with van der Waals surface area (Å²) in [5.74, 6) is -2.06. The monoisotopic (exact) mass is 292 g/mol. The number of rotatable bonds is 4. The van der Waals surface area contributed by atoms with E-state index in [2.05, 4.69) is 10.9 Å². The van der Waals surface area contributed by atoms with Gasteiger partial charge in [0, 0.05) is 44.5 Å². The fourth-order valence-corrected chi connectivity index (χ4v) is 0.768. The molecule has 15 heavy (non-hydrogen) atoms. The van der Waals surface area contributed by atoms with E-state index in [9.17, 15) is 9.59 Å². The molecule has 0 unspecified atom stereocenters. The molecule has 0 aliphatic heterocycles. The topological polar surface area (TPSA) is 92.5 Å². The average molecular weight is 292 g/mol. The van der Waals surface area contributed by atoms with Crippen molar-refractivity contribution in [2.45, 2.75) is 13.8 Å². The van der Waals surface area contributed by atoms with Crippen LogP contribution >= 0.6 is 0 Å². The van der Waals surface area contributed by atoms with Gasteiger partial charge >= 0.3 is 0 Å². The SMILES string of the molecule is C[N-]NC(=O)[C@H](C)[C@H](C)C(=O)NO.[CH3-].[Y]. The number of nitrogens with one attached hydrogen (secondary N) is 2. The summed E-state index contributed by atoms with van der Waals surface area (Å²) in [5, 5.41) is 8.31. The van der Waals surface area contributed by atoms with Gasteiger partial charge in [-0.3, -0.25) is 14.8 Å². The molecule has 0 aromatic rings. The molecule has 2 amide bonds. The van der Waals surface area contributed by atoms with Crippen LogP contribution in [0.5, 0.6) is 0 Å². The number of amides is 2. The third-order valence-corrected chi connectivity index (χ3v) is 1.91. The summed E-state index contributed by atoms with van der Waals surface area (Å²) >= 11 is 0. The smallest absolute Gasteiger partial charge is 0.246 e. The third kappa shape index (κ3) is 6.95. The van der Waals surface area contributed by atoms with Gasteiger partial charge in [-0.15, -0.1) is 7.05 Å². The number of carbonyl (C=O) groups excluding carboxylic acids is 2. The molecule has 0 aromatic heterocycles. The molecular formula is C8H17N3O3Y-2. The summed E-state index contributed by atoms with van der Waals surface area (Å²) in [4.78, 5) is 22.0. The molecule has 0 aliphatic rings. The second-order valence-corrected chi connectivity index (χ2v) is 2.75. The fourth-order valence-electron chi connectivity index (χ4n) is 0.768. The van der Waals surface area contributed by atoms with Crippen LogP contribution in [-0.4, -0.2) is 24.1 Å². The van der Waals surface area contributed by atoms with Crippen LogP contribution in [0.3, 0.4) is 0 Å². The van der Waals surface area contributed by atoms with Gasteiger partial charge in [-0.2, -0.15) is 0 Å². The Morgan fingerprint density at radius 1 is 1.20 bits per heavy atom. The van der Waals surface area contributed by atoms with Gasteiger partial charge in [0.2, 0.25) is 11.8 Å². The largest absolute Gasteiger partial charge is 0.571 e. The minimum atomic E-state index is -0.591. The molecule has 0 rings (SSSR count). The number of hydrogen-bond donors (Lipinski definition) is 3. The first-order valence-electron chi connectivity index (χ1n) is 3.87. The molecule has 1 radical (unpaired) electrons. The molecule has 3 N–H and O–H groups in total. The van der Waals surface area contributed by atoms with E-state index in [1.54, 1.807) is 13.8 Å². The molecule has 7 heteroatoms. The molecule has 0 spiro atoms. The van der Waals surface area contributed by atoms with E-state index in [0.717, 1.165) is 0 Å². The molecule has 0 bridgehead atoms. The van der Waals surface area contributed by atoms with Crippen LogP contribution in [0, 0.1) is 19.3 Å². The first-order valence-corrected chi connectivity index (χ1v) is 3.87. The molecule has 0 saturated heterocycles. The zero-order valence-corrected chi connectivity index (χ0v) is 12.3. The molecule has 6 nitrogen and oxygen atoms in total. The third-order valence-electron chi connectivity index (χ3n) is 1.91. The van der Waals surface area contributed by atoms with E-state index in [1.807, 2.05) is 0 Å². The Morgan fingerprint density at radius 2 is 1.60 bits per heavy atom. The van der Waals surface area contributed by atoms with Gasteiger partial charge in [0.25, 0.3) is 0 Å². The van der Waals surface area contributed by atoms with E-state index >= 15 is 0 Å². The van der Waals surface area contributed by atoms with Crippen molar-refractivity contribution in [1.82, 2.24) is 10.9 Å². The van der Waals surface area contributed by atoms with Crippen molar-refractivity contribution in [3.05, 3.63) is 12.9 Å². The minimum Gasteiger partial charge on any atom is -0.571 e. The Bertz CT molecular complexity index is 202. The van der Waals surface area contributed by atoms with Crippen LogP contribution in [0.1, 0.15) is 13.8 Å². The quantitative estimate of drug-likeness (QED) is 0.394. The van der Waals surface area contributed by atoms with Crippen LogP contribution in [0.25, 0.3) is 5.43 Å². The summed E-state index contributed by atoms with van der Waals surface area (Å²) in [6.45, 7) is 3.13. The van der Waals surface area contributed by atoms with Gasteiger partial charge in [-0.1, -0.05) is 13.8 Å². The van der Waals surface area contributed by atoms with E-state index in [0.29, 0.717) is 0 Å². The van der Waals surface area contributed by atoms with Gasteiger partial charge in [0.15, 0.2) is 0 Å². The van der Waals surface area contributed by atoms with Gasteiger partial charge < -0.3 is 18.3 Å². The van der Waals surface area contributed by atoms with Crippen molar-refractivity contribution in [1.29, 1.82) is 0 Å². The standard InChI is InChI=1S/C7H14N3O3.CH3.Y/c1-4(6(11)9-8-3)5(2)7(12)10-13;;/h4-5,13H,1-3H3,(H,9,11)(H,10,12);1H3;/q2*-1;/t4-,5+;;/m1../s1. The summed E-state index contributed by atoms with van der Waals surface area (Å²) in [6.07, 6.45) is 0. The Kier molecular flexibility index (Phi) is 14.2. The Hall–Kier alpha value is -0.0361. The first kappa shape index (κ1) is 20.4. The fraction of sp³-hybridized carbons (Fsp3) is 0.625. The molecule has 0 aliphatic carbocycles. The van der Waals surface area contributed by atoms with Crippen molar-refractivity contribution in [3.63, 3.8) is 0 Å². The summed E-state index contributed by atoms with van der Waals surface area (Å²) in [5.41, 5.74) is 7.15. The second-order valence-electron chi connectivity index (χ2n) is 2.75. The zero-order chi connectivity index (χ0) is 10.4. The molecule has 0 saturated carbocycles. The number of carbonyl (C=O) groups is 2. The number of hydroxylamine groups is 1. The van der Waals surface area contributed by atoms with Crippen molar-refractivity contribution < 1.29 is 47.5 Å². The van der Waals surface area contributed by atoms with Gasteiger partial charge in [0.05, 0.1) is 0 Å². The Morgan fingerprint density at radius 3 is 1.93 bits per heavy atom. The molecule has 0 fully saturated rings. The van der Waals surface area contributed by atoms with Crippen LogP contribution in [0.15, 0.2) is 0 Å². The van der Waals surface area contributed by atoms with E-state index in [4.69, 9.17) is 5.21 Å². The normalized spacial score (nSPS) is 12.5. The second kappa shape index (κ2) is 10.5. The van der Waals surface area contributed by atoms with E-state index in [-0.39, 0.29) is 46.0 Å². The minimum absolute atomic E-state index is 0. The predicted octanol–water partition coefficient (Wildman–Crippen LogP) is 0.246. The molecule has 87 valence electrons. The summed E-state index contributed by atoms with van der Waals surface area (Å²) < 4.78 is 0. The number of hydrogen-bond acceptors (Lipinski definition) is 3. The van der Waals surface area contributed by atoms with Crippen LogP contribution in [0.4, 0.5) is 0 Å². The average Bonchev–Trinajstić information content (AvgIpc) is 2.14. The zero-order valence-electron chi connectivity index (χ0n) is 9.44. The predicted molar refractivity (Wildman–Crippen MR) is 52.1 cm³/mol. The van der Waals surface area contributed by atoms with Crippen LogP contribution in [0.2, 0.25) is 0 Å². The first-order chi connectivity index (χ1) is 6.04. The van der Waals surface area contributed by atoms with Gasteiger partial charge in [-0.05, 0) is 0 Å². The number of nitrogens with zero attached hydrogens (tertiary/aromatic N) is 1. The Labute approximate surface area is 115 Å². The van der Waals surface area contributed by atoms with Gasteiger partial charge in [0.1, 0.15) is 0 Å². The molecule has 0 heterocycles. The molecular weight excluding hydrogens is 275 g/mol. The van der Waals surface area contributed by atoms with Crippen molar-refractivity contribution in [2.24, 2.45) is 11.8 Å². The van der Waals surface area contributed by atoms with Crippen LogP contribution < -0.4 is 10.9 Å². The summed E-state index contributed by atoms with van der Waals surface area (Å²) in [6, 6.07) is 0. The maximum Gasteiger partial charge on any atom is 0.246 e. The molecule has 2 atom stereocenters. The van der Waals surface area contributed by atoms with Crippen molar-refractivity contribution in [2.75, 3.05) is 7.05 Å². The van der Waals surface area contributed by atoms with E-state index in [1.165, 1.54) is 12.5 Å². The van der Waals surface area contributed by atoms with Crippen LogP contribution in [-0.2, 0) is 42.3 Å². The Balaban J connectivity index is -0.000000720. The maximum absolute atomic E-state index is 11.1.